The van der Waals surface area contributed by atoms with E-state index in [2.05, 4.69) is 20.1 Å². The molecule has 0 saturated carbocycles. The quantitative estimate of drug-likeness (QED) is 0.356. The Kier molecular flexibility index (Phi) is 4.69. The van der Waals surface area contributed by atoms with Crippen LogP contribution in [0.1, 0.15) is 5.56 Å². The smallest absolute Gasteiger partial charge is 0.284 e. The summed E-state index contributed by atoms with van der Waals surface area (Å²) >= 11 is 1.39. The van der Waals surface area contributed by atoms with Crippen LogP contribution in [0, 0.1) is 0 Å². The molecule has 4 rings (SSSR count). The molecule has 0 aliphatic carbocycles. The normalized spacial score (nSPS) is 11.8. The van der Waals surface area contributed by atoms with Crippen molar-refractivity contribution in [2.45, 2.75) is 16.6 Å². The summed E-state index contributed by atoms with van der Waals surface area (Å²) in [5.41, 5.74) is 1.10. The monoisotopic (exact) mass is 414 g/mol. The zero-order valence-corrected chi connectivity index (χ0v) is 16.3. The van der Waals surface area contributed by atoms with Crippen molar-refractivity contribution >= 4 is 32.8 Å². The van der Waals surface area contributed by atoms with Crippen LogP contribution in [0.5, 0.6) is 0 Å². The molecule has 0 atom stereocenters. The number of hydrogen-bond donors (Lipinski definition) is 0. The predicted octanol–water partition coefficient (Wildman–Crippen LogP) is 1.39. The summed E-state index contributed by atoms with van der Waals surface area (Å²) in [6, 6.07) is 9.42. The van der Waals surface area contributed by atoms with Crippen molar-refractivity contribution < 1.29 is 8.42 Å². The molecular formula is C17H14N6O3S2. The van der Waals surface area contributed by atoms with Crippen molar-refractivity contribution in [2.24, 2.45) is 0 Å². The molecule has 0 spiro atoms. The van der Waals surface area contributed by atoms with E-state index in [1.54, 1.807) is 24.4 Å². The molecule has 0 aliphatic heterocycles. The van der Waals surface area contributed by atoms with E-state index in [0.29, 0.717) is 10.8 Å². The zero-order chi connectivity index (χ0) is 19.7. The predicted molar refractivity (Wildman–Crippen MR) is 104 cm³/mol. The number of rotatable bonds is 5. The van der Waals surface area contributed by atoms with Crippen molar-refractivity contribution in [3.05, 3.63) is 71.2 Å². The van der Waals surface area contributed by atoms with Gasteiger partial charge in [0.05, 0.1) is 11.4 Å². The minimum Gasteiger partial charge on any atom is -0.288 e. The van der Waals surface area contributed by atoms with Crippen LogP contribution < -0.4 is 5.56 Å². The molecule has 0 unspecified atom stereocenters. The topological polar surface area (TPSA) is 113 Å². The van der Waals surface area contributed by atoms with E-state index in [0.717, 1.165) is 27.7 Å². The van der Waals surface area contributed by atoms with Crippen molar-refractivity contribution in [3.63, 3.8) is 0 Å². The lowest BCUT2D eigenvalue weighted by Crippen LogP contribution is -2.21. The van der Waals surface area contributed by atoms with Crippen LogP contribution >= 0.6 is 11.8 Å². The van der Waals surface area contributed by atoms with Gasteiger partial charge in [-0.05, 0) is 30.0 Å². The first-order valence-corrected chi connectivity index (χ1v) is 10.8. The maximum absolute atomic E-state index is 12.4. The lowest BCUT2D eigenvalue weighted by molar-refractivity contribution is 0.580. The largest absolute Gasteiger partial charge is 0.288 e. The molecule has 28 heavy (non-hydrogen) atoms. The van der Waals surface area contributed by atoms with E-state index in [9.17, 15) is 13.2 Å². The number of hydrogen-bond acceptors (Lipinski definition) is 8. The van der Waals surface area contributed by atoms with Gasteiger partial charge in [-0.15, -0.1) is 9.19 Å². The van der Waals surface area contributed by atoms with Crippen molar-refractivity contribution in [1.29, 1.82) is 0 Å². The third kappa shape index (κ3) is 3.29. The van der Waals surface area contributed by atoms with Crippen LogP contribution in [0.3, 0.4) is 0 Å². The fourth-order valence-corrected chi connectivity index (χ4v) is 4.06. The number of benzene rings is 1. The second-order valence-electron chi connectivity index (χ2n) is 5.81. The second kappa shape index (κ2) is 7.17. The highest BCUT2D eigenvalue weighted by molar-refractivity contribution is 7.98. The Balaban J connectivity index is 1.71. The molecule has 0 radical (unpaired) electrons. The number of pyridine rings is 1. The molecule has 142 valence electrons. The maximum Gasteiger partial charge on any atom is 0.284 e. The molecule has 0 fully saturated rings. The van der Waals surface area contributed by atoms with Gasteiger partial charge in [-0.3, -0.25) is 9.36 Å². The third-order valence-electron chi connectivity index (χ3n) is 4.09. The van der Waals surface area contributed by atoms with Crippen LogP contribution in [0.25, 0.3) is 11.0 Å². The lowest BCUT2D eigenvalue weighted by Gasteiger charge is -2.10. The molecule has 3 aromatic heterocycles. The highest BCUT2D eigenvalue weighted by Crippen LogP contribution is 2.17. The molecule has 0 aliphatic rings. The molecular weight excluding hydrogens is 400 g/mol. The van der Waals surface area contributed by atoms with E-state index >= 15 is 0 Å². The Labute approximate surface area is 164 Å². The van der Waals surface area contributed by atoms with Gasteiger partial charge in [0.25, 0.3) is 15.6 Å². The number of aromatic nitrogens is 6. The average molecular weight is 414 g/mol. The van der Waals surface area contributed by atoms with Crippen LogP contribution in [0.15, 0.2) is 70.1 Å². The fraction of sp³-hybridized carbons (Fsp3) is 0.118. The standard InChI is InChI=1S/C17H14N6O3S2/c1-27-17-19-8-13-4-7-15(24)22(16(13)21-17)9-12-2-5-14(6-3-12)28(25,26)23-11-18-10-20-23/h2-8,10-11H,9H2,1H3. The fourth-order valence-electron chi connectivity index (χ4n) is 2.69. The van der Waals surface area contributed by atoms with Gasteiger partial charge < -0.3 is 0 Å². The van der Waals surface area contributed by atoms with Gasteiger partial charge in [0.15, 0.2) is 5.16 Å². The molecule has 0 amide bonds. The van der Waals surface area contributed by atoms with E-state index in [1.165, 1.54) is 34.5 Å². The first-order chi connectivity index (χ1) is 13.5. The second-order valence-corrected chi connectivity index (χ2v) is 8.38. The molecule has 11 heteroatoms. The Hall–Kier alpha value is -3.05. The number of fused-ring (bicyclic) bond motifs is 1. The zero-order valence-electron chi connectivity index (χ0n) is 14.6. The van der Waals surface area contributed by atoms with Crippen molar-refractivity contribution in [2.75, 3.05) is 6.26 Å². The van der Waals surface area contributed by atoms with Gasteiger partial charge in [0.2, 0.25) is 0 Å². The summed E-state index contributed by atoms with van der Waals surface area (Å²) in [7, 11) is -3.79. The summed E-state index contributed by atoms with van der Waals surface area (Å²) in [4.78, 5) is 24.8. The molecule has 3 heterocycles. The van der Waals surface area contributed by atoms with E-state index in [1.807, 2.05) is 6.26 Å². The average Bonchev–Trinajstić information content (AvgIpc) is 3.26. The minimum atomic E-state index is -3.79. The first-order valence-electron chi connectivity index (χ1n) is 8.09. The van der Waals surface area contributed by atoms with Crippen molar-refractivity contribution in [3.8, 4) is 0 Å². The Morgan fingerprint density at radius 1 is 1.11 bits per heavy atom. The third-order valence-corrected chi connectivity index (χ3v) is 6.20. The van der Waals surface area contributed by atoms with Crippen LogP contribution in [-0.4, -0.2) is 43.4 Å². The Morgan fingerprint density at radius 3 is 2.57 bits per heavy atom. The van der Waals surface area contributed by atoms with Gasteiger partial charge >= 0.3 is 0 Å². The number of nitrogens with zero attached hydrogens (tertiary/aromatic N) is 6. The van der Waals surface area contributed by atoms with Gasteiger partial charge in [0.1, 0.15) is 18.3 Å². The maximum atomic E-state index is 12.4. The molecule has 0 saturated heterocycles. The summed E-state index contributed by atoms with van der Waals surface area (Å²) in [5, 5.41) is 5.00. The van der Waals surface area contributed by atoms with Crippen molar-refractivity contribution in [1.82, 2.24) is 28.7 Å². The summed E-state index contributed by atoms with van der Waals surface area (Å²) < 4.78 is 27.2. The van der Waals surface area contributed by atoms with Gasteiger partial charge in [-0.1, -0.05) is 23.9 Å². The van der Waals surface area contributed by atoms with Crippen LogP contribution in [0.4, 0.5) is 0 Å². The van der Waals surface area contributed by atoms with Crippen LogP contribution in [0.2, 0.25) is 0 Å². The summed E-state index contributed by atoms with van der Waals surface area (Å²) in [5.74, 6) is 0. The molecule has 0 bridgehead atoms. The van der Waals surface area contributed by atoms with Gasteiger partial charge in [0, 0.05) is 17.6 Å². The van der Waals surface area contributed by atoms with E-state index in [4.69, 9.17) is 0 Å². The summed E-state index contributed by atoms with van der Waals surface area (Å²) in [6.07, 6.45) is 5.82. The molecule has 1 aromatic carbocycles. The van der Waals surface area contributed by atoms with E-state index in [-0.39, 0.29) is 17.0 Å². The molecule has 0 N–H and O–H groups in total. The lowest BCUT2D eigenvalue weighted by atomic mass is 10.2. The number of thioether (sulfide) groups is 1. The van der Waals surface area contributed by atoms with E-state index < -0.39 is 10.0 Å². The molecule has 4 aromatic rings. The Bertz CT molecular complexity index is 1300. The molecule has 9 nitrogen and oxygen atoms in total. The van der Waals surface area contributed by atoms with Gasteiger partial charge in [-0.2, -0.15) is 8.42 Å². The van der Waals surface area contributed by atoms with Crippen LogP contribution in [-0.2, 0) is 16.6 Å². The SMILES string of the molecule is CSc1ncc2ccc(=O)n(Cc3ccc(S(=O)(=O)n4cncn4)cc3)c2n1. The van der Waals surface area contributed by atoms with Gasteiger partial charge in [-0.25, -0.2) is 15.0 Å². The minimum absolute atomic E-state index is 0.0824. The Morgan fingerprint density at radius 2 is 1.89 bits per heavy atom. The highest BCUT2D eigenvalue weighted by Gasteiger charge is 2.17. The highest BCUT2D eigenvalue weighted by atomic mass is 32.2. The summed E-state index contributed by atoms with van der Waals surface area (Å²) in [6.45, 7) is 0.255. The first kappa shape index (κ1) is 18.3.